The van der Waals surface area contributed by atoms with Crippen molar-refractivity contribution in [3.05, 3.63) is 35.9 Å². The number of hydrogen-bond donors (Lipinski definition) is 5. The van der Waals surface area contributed by atoms with Crippen LogP contribution in [0.4, 0.5) is 0 Å². The molecule has 0 spiro atoms. The zero-order chi connectivity index (χ0) is 24.0. The number of carbonyl (C=O) groups excluding carboxylic acids is 4. The van der Waals surface area contributed by atoms with Crippen LogP contribution in [0.5, 0.6) is 0 Å². The Morgan fingerprint density at radius 3 is 1.81 bits per heavy atom. The summed E-state index contributed by atoms with van der Waals surface area (Å²) in [6.07, 6.45) is -5.62. The number of ether oxygens (including phenoxy) is 1. The summed E-state index contributed by atoms with van der Waals surface area (Å²) in [5, 5.41) is 55.9. The number of hydrogen-bond acceptors (Lipinski definition) is 10. The Morgan fingerprint density at radius 2 is 1.42 bits per heavy atom. The molecule has 1 saturated heterocycles. The number of carbonyl (C=O) groups is 4. The second kappa shape index (κ2) is 7.97. The van der Waals surface area contributed by atoms with Crippen LogP contribution in [-0.2, 0) is 30.3 Å². The molecule has 0 bridgehead atoms. The van der Waals surface area contributed by atoms with Gasteiger partial charge in [0, 0.05) is 13.3 Å². The van der Waals surface area contributed by atoms with Crippen LogP contribution < -0.4 is 0 Å². The molecule has 1 aromatic carbocycles. The maximum atomic E-state index is 12.7. The Morgan fingerprint density at radius 1 is 0.903 bits per heavy atom. The molecule has 2 rings (SSSR count). The Hall–Kier alpha value is -2.34. The molecule has 0 aromatic heterocycles. The average molecular weight is 438 g/mol. The molecule has 0 amide bonds. The Labute approximate surface area is 178 Å². The fourth-order valence-corrected chi connectivity index (χ4v) is 4.17. The zero-order valence-corrected chi connectivity index (χ0v) is 17.5. The summed E-state index contributed by atoms with van der Waals surface area (Å²) in [4.78, 5) is 49.6. The number of Topliss-reactive ketones (excluding diaryl/α,β-unsaturated/α-hetero) is 4. The minimum atomic E-state index is -3.57. The second-order valence-electron chi connectivity index (χ2n) is 7.91. The van der Waals surface area contributed by atoms with E-state index in [0.717, 1.165) is 20.8 Å². The molecule has 0 saturated carbocycles. The quantitative estimate of drug-likeness (QED) is 0.327. The van der Waals surface area contributed by atoms with Crippen molar-refractivity contribution >= 4 is 23.1 Å². The first-order valence-corrected chi connectivity index (χ1v) is 9.44. The van der Waals surface area contributed by atoms with E-state index >= 15 is 0 Å². The van der Waals surface area contributed by atoms with Gasteiger partial charge >= 0.3 is 0 Å². The highest BCUT2D eigenvalue weighted by atomic mass is 16.7. The highest BCUT2D eigenvalue weighted by Gasteiger charge is 2.82. The van der Waals surface area contributed by atoms with E-state index in [1.165, 1.54) is 24.3 Å². The minimum absolute atomic E-state index is 0.199. The summed E-state index contributed by atoms with van der Waals surface area (Å²) in [6.45, 7) is 3.08. The van der Waals surface area contributed by atoms with Crippen molar-refractivity contribution in [3.63, 3.8) is 0 Å². The van der Waals surface area contributed by atoms with Crippen LogP contribution in [0.2, 0.25) is 0 Å². The molecule has 1 aliphatic heterocycles. The van der Waals surface area contributed by atoms with Gasteiger partial charge < -0.3 is 30.3 Å². The van der Waals surface area contributed by atoms with E-state index in [4.69, 9.17) is 4.74 Å². The van der Waals surface area contributed by atoms with Crippen molar-refractivity contribution in [1.29, 1.82) is 0 Å². The Bertz CT molecular complexity index is 914. The molecule has 0 radical (unpaired) electrons. The topological polar surface area (TPSA) is 179 Å². The molecule has 0 aliphatic carbocycles. The first-order valence-electron chi connectivity index (χ1n) is 9.44. The largest absolute Gasteiger partial charge is 0.382 e. The van der Waals surface area contributed by atoms with Crippen LogP contribution in [0, 0.1) is 0 Å². The van der Waals surface area contributed by atoms with Crippen molar-refractivity contribution in [2.24, 2.45) is 0 Å². The van der Waals surface area contributed by atoms with E-state index in [1.54, 1.807) is 6.07 Å². The third-order valence-corrected chi connectivity index (χ3v) is 5.95. The molecule has 1 heterocycles. The molecule has 10 heteroatoms. The molecule has 1 aliphatic rings. The van der Waals surface area contributed by atoms with Gasteiger partial charge in [0.25, 0.3) is 5.79 Å². The van der Waals surface area contributed by atoms with E-state index in [-0.39, 0.29) is 5.56 Å². The molecule has 31 heavy (non-hydrogen) atoms. The number of aliphatic hydroxyl groups excluding tert-OH is 1. The van der Waals surface area contributed by atoms with E-state index in [2.05, 4.69) is 0 Å². The van der Waals surface area contributed by atoms with Gasteiger partial charge in [-0.3, -0.25) is 19.2 Å². The van der Waals surface area contributed by atoms with E-state index in [9.17, 15) is 44.7 Å². The lowest BCUT2D eigenvalue weighted by atomic mass is 9.56. The number of ketones is 4. The molecule has 1 fully saturated rings. The van der Waals surface area contributed by atoms with Gasteiger partial charge in [-0.2, -0.15) is 0 Å². The van der Waals surface area contributed by atoms with Crippen LogP contribution in [0.25, 0.3) is 0 Å². The molecule has 5 N–H and O–H groups in total. The summed E-state index contributed by atoms with van der Waals surface area (Å²) >= 11 is 0. The third kappa shape index (κ3) is 3.27. The lowest BCUT2D eigenvalue weighted by molar-refractivity contribution is -0.407. The Kier molecular flexibility index (Phi) is 6.41. The number of rotatable bonds is 7. The van der Waals surface area contributed by atoms with Crippen LogP contribution in [0.3, 0.4) is 0 Å². The summed E-state index contributed by atoms with van der Waals surface area (Å²) in [7, 11) is 0. The lowest BCUT2D eigenvalue weighted by Crippen LogP contribution is -2.90. The fraction of sp³-hybridized carbons (Fsp3) is 0.524. The van der Waals surface area contributed by atoms with E-state index in [1.807, 2.05) is 0 Å². The minimum Gasteiger partial charge on any atom is -0.382 e. The standard InChI is InChI=1S/C21H26O10/c1-11(22)16(26)17-19(28,12(2)23)20(29,13(3)24)18(27,21(30,31-17)14(4)25)10-15-8-6-5-7-9-15/h5-9,16-17,26-30H,10H2,1-4H3/t16?,17-,18+,19-,20-,21+/m1/s1. The van der Waals surface area contributed by atoms with Crippen molar-refractivity contribution < 1.29 is 49.4 Å². The van der Waals surface area contributed by atoms with Crippen LogP contribution >= 0.6 is 0 Å². The Balaban J connectivity index is 2.95. The predicted molar refractivity (Wildman–Crippen MR) is 104 cm³/mol. The summed E-state index contributed by atoms with van der Waals surface area (Å²) in [5.74, 6) is -8.53. The lowest BCUT2D eigenvalue weighted by Gasteiger charge is -2.61. The van der Waals surface area contributed by atoms with Gasteiger partial charge in [-0.15, -0.1) is 0 Å². The predicted octanol–water partition coefficient (Wildman–Crippen LogP) is -1.77. The molecule has 6 atom stereocenters. The highest BCUT2D eigenvalue weighted by Crippen LogP contribution is 2.52. The molecular formula is C21H26O10. The van der Waals surface area contributed by atoms with Gasteiger partial charge in [0.05, 0.1) is 0 Å². The third-order valence-electron chi connectivity index (χ3n) is 5.95. The summed E-state index contributed by atoms with van der Waals surface area (Å²) in [6, 6.07) is 7.54. The van der Waals surface area contributed by atoms with E-state index in [0.29, 0.717) is 6.92 Å². The molecule has 10 nitrogen and oxygen atoms in total. The summed E-state index contributed by atoms with van der Waals surface area (Å²) < 4.78 is 5.17. The zero-order valence-electron chi connectivity index (χ0n) is 17.5. The van der Waals surface area contributed by atoms with Crippen LogP contribution in [0.1, 0.15) is 33.3 Å². The smallest absolute Gasteiger partial charge is 0.260 e. The second-order valence-corrected chi connectivity index (χ2v) is 7.91. The maximum absolute atomic E-state index is 12.7. The fourth-order valence-electron chi connectivity index (χ4n) is 4.17. The van der Waals surface area contributed by atoms with Gasteiger partial charge in [-0.1, -0.05) is 30.3 Å². The normalized spacial score (nSPS) is 36.5. The van der Waals surface area contributed by atoms with Crippen LogP contribution in [0.15, 0.2) is 30.3 Å². The number of aliphatic hydroxyl groups is 5. The van der Waals surface area contributed by atoms with Gasteiger partial charge in [-0.05, 0) is 26.3 Å². The highest BCUT2D eigenvalue weighted by molar-refractivity contribution is 6.02. The van der Waals surface area contributed by atoms with Crippen molar-refractivity contribution in [1.82, 2.24) is 0 Å². The molecule has 1 unspecified atom stereocenters. The first kappa shape index (κ1) is 24.9. The first-order chi connectivity index (χ1) is 14.1. The molecule has 1 aromatic rings. The monoisotopic (exact) mass is 438 g/mol. The van der Waals surface area contributed by atoms with Gasteiger partial charge in [0.15, 0.2) is 39.9 Å². The van der Waals surface area contributed by atoms with Crippen molar-refractivity contribution in [2.45, 2.75) is 68.9 Å². The average Bonchev–Trinajstić information content (AvgIpc) is 2.69. The van der Waals surface area contributed by atoms with E-state index < -0.39 is 64.4 Å². The maximum Gasteiger partial charge on any atom is 0.260 e. The summed E-state index contributed by atoms with van der Waals surface area (Å²) in [5.41, 5.74) is -10.1. The number of benzene rings is 1. The molecular weight excluding hydrogens is 412 g/mol. The van der Waals surface area contributed by atoms with Gasteiger partial charge in [0.1, 0.15) is 12.2 Å². The van der Waals surface area contributed by atoms with Crippen LogP contribution in [-0.4, -0.2) is 83.5 Å². The van der Waals surface area contributed by atoms with Crippen molar-refractivity contribution in [2.75, 3.05) is 0 Å². The SMILES string of the molecule is CC(=O)C(O)[C@H]1O[C@@](O)(C(C)=O)[C@](O)(Cc2ccccc2)[C@](O)(C(C)=O)[C@@]1(O)C(C)=O. The van der Waals surface area contributed by atoms with Gasteiger partial charge in [-0.25, -0.2) is 0 Å². The van der Waals surface area contributed by atoms with Crippen molar-refractivity contribution in [3.8, 4) is 0 Å². The molecule has 170 valence electrons. The van der Waals surface area contributed by atoms with Gasteiger partial charge in [0.2, 0.25) is 0 Å².